The Kier molecular flexibility index (Phi) is 7.70. The molecule has 0 saturated carbocycles. The molecule has 1 heterocycles. The second kappa shape index (κ2) is 10.3. The smallest absolute Gasteiger partial charge is 0.251 e. The van der Waals surface area contributed by atoms with Crippen molar-refractivity contribution in [1.82, 2.24) is 14.5 Å². The molecule has 8 nitrogen and oxygen atoms in total. The van der Waals surface area contributed by atoms with Gasteiger partial charge in [-0.2, -0.15) is 4.31 Å². The molecular formula is C23H28FN3O5S. The summed E-state index contributed by atoms with van der Waals surface area (Å²) in [5.41, 5.74) is 0.403. The van der Waals surface area contributed by atoms with Gasteiger partial charge >= 0.3 is 0 Å². The van der Waals surface area contributed by atoms with Gasteiger partial charge in [-0.15, -0.1) is 0 Å². The van der Waals surface area contributed by atoms with E-state index in [4.69, 9.17) is 4.74 Å². The topological polar surface area (TPSA) is 96.0 Å². The summed E-state index contributed by atoms with van der Waals surface area (Å²) in [6, 6.07) is 10.7. The number of amides is 2. The Bertz CT molecular complexity index is 1100. The van der Waals surface area contributed by atoms with E-state index in [0.717, 1.165) is 6.07 Å². The van der Waals surface area contributed by atoms with Gasteiger partial charge in [0, 0.05) is 31.7 Å². The van der Waals surface area contributed by atoms with Gasteiger partial charge in [0.15, 0.2) is 0 Å². The zero-order valence-corrected chi connectivity index (χ0v) is 19.6. The summed E-state index contributed by atoms with van der Waals surface area (Å²) in [7, 11) is -2.32. The predicted octanol–water partition coefficient (Wildman–Crippen LogP) is 2.12. The molecule has 0 aromatic heterocycles. The number of benzene rings is 2. The molecule has 10 heteroatoms. The van der Waals surface area contributed by atoms with Crippen molar-refractivity contribution >= 4 is 21.8 Å². The molecule has 1 aliphatic heterocycles. The fourth-order valence-electron chi connectivity index (χ4n) is 3.60. The molecule has 0 bridgehead atoms. The third-order valence-electron chi connectivity index (χ3n) is 5.56. The van der Waals surface area contributed by atoms with Crippen molar-refractivity contribution in [2.24, 2.45) is 5.92 Å². The van der Waals surface area contributed by atoms with E-state index in [1.165, 1.54) is 29.6 Å². The molecule has 0 spiro atoms. The molecule has 1 N–H and O–H groups in total. The van der Waals surface area contributed by atoms with Crippen LogP contribution in [-0.4, -0.2) is 68.8 Å². The summed E-state index contributed by atoms with van der Waals surface area (Å²) >= 11 is 0. The summed E-state index contributed by atoms with van der Waals surface area (Å²) in [4.78, 5) is 27.3. The highest BCUT2D eigenvalue weighted by atomic mass is 32.2. The lowest BCUT2D eigenvalue weighted by atomic mass is 10.0. The Morgan fingerprint density at radius 2 is 1.67 bits per heavy atom. The second-order valence-corrected chi connectivity index (χ2v) is 10.0. The third-order valence-corrected chi connectivity index (χ3v) is 7.45. The quantitative estimate of drug-likeness (QED) is 0.659. The summed E-state index contributed by atoms with van der Waals surface area (Å²) in [6.07, 6.45) is 0. The maximum atomic E-state index is 13.5. The number of piperazine rings is 1. The van der Waals surface area contributed by atoms with Crippen molar-refractivity contribution in [3.05, 3.63) is 59.9 Å². The summed E-state index contributed by atoms with van der Waals surface area (Å²) in [5, 5.41) is 2.80. The van der Waals surface area contributed by atoms with Gasteiger partial charge in [0.25, 0.3) is 5.91 Å². The van der Waals surface area contributed by atoms with Crippen LogP contribution in [0.4, 0.5) is 4.39 Å². The normalized spacial score (nSPS) is 15.8. The zero-order chi connectivity index (χ0) is 24.2. The Labute approximate surface area is 193 Å². The minimum absolute atomic E-state index is 0.0851. The zero-order valence-electron chi connectivity index (χ0n) is 18.8. The SMILES string of the molecule is COc1ccc(C(=O)NC(C(=O)N2CCN(S(=O)(=O)c3cccc(F)c3)CC2)C(C)C)cc1. The van der Waals surface area contributed by atoms with Crippen LogP contribution in [0.25, 0.3) is 0 Å². The van der Waals surface area contributed by atoms with Crippen molar-refractivity contribution in [2.75, 3.05) is 33.3 Å². The van der Waals surface area contributed by atoms with Crippen molar-refractivity contribution in [2.45, 2.75) is 24.8 Å². The van der Waals surface area contributed by atoms with E-state index in [-0.39, 0.29) is 48.8 Å². The lowest BCUT2D eigenvalue weighted by molar-refractivity contribution is -0.135. The number of halogens is 1. The highest BCUT2D eigenvalue weighted by Gasteiger charge is 2.34. The molecular weight excluding hydrogens is 449 g/mol. The third kappa shape index (κ3) is 5.69. The molecule has 1 fully saturated rings. The van der Waals surface area contributed by atoms with Crippen LogP contribution in [-0.2, 0) is 14.8 Å². The molecule has 0 aliphatic carbocycles. The number of nitrogens with zero attached hydrogens (tertiary/aromatic N) is 2. The number of carbonyl (C=O) groups is 2. The number of nitrogens with one attached hydrogen (secondary N) is 1. The van der Waals surface area contributed by atoms with Crippen LogP contribution in [0.15, 0.2) is 53.4 Å². The standard InChI is InChI=1S/C23H28FN3O5S/c1-16(2)21(25-22(28)17-7-9-19(32-3)10-8-17)23(29)26-11-13-27(14-12-26)33(30,31)20-6-4-5-18(24)15-20/h4-10,15-16,21H,11-14H2,1-3H3,(H,25,28). The Morgan fingerprint density at radius 1 is 1.03 bits per heavy atom. The number of hydrogen-bond acceptors (Lipinski definition) is 5. The molecule has 2 aromatic carbocycles. The van der Waals surface area contributed by atoms with E-state index in [0.29, 0.717) is 11.3 Å². The van der Waals surface area contributed by atoms with Gasteiger partial charge in [-0.1, -0.05) is 19.9 Å². The largest absolute Gasteiger partial charge is 0.497 e. The van der Waals surface area contributed by atoms with Crippen molar-refractivity contribution < 1.29 is 27.1 Å². The van der Waals surface area contributed by atoms with Crippen LogP contribution in [0.5, 0.6) is 5.75 Å². The fraction of sp³-hybridized carbons (Fsp3) is 0.391. The summed E-state index contributed by atoms with van der Waals surface area (Å²) < 4.78 is 45.4. The van der Waals surface area contributed by atoms with Gasteiger partial charge in [0.1, 0.15) is 17.6 Å². The Balaban J connectivity index is 1.65. The highest BCUT2D eigenvalue weighted by Crippen LogP contribution is 2.20. The maximum Gasteiger partial charge on any atom is 0.251 e. The molecule has 33 heavy (non-hydrogen) atoms. The van der Waals surface area contributed by atoms with Crippen LogP contribution in [0, 0.1) is 11.7 Å². The van der Waals surface area contributed by atoms with Crippen LogP contribution in [0.2, 0.25) is 0 Å². The maximum absolute atomic E-state index is 13.5. The van der Waals surface area contributed by atoms with E-state index < -0.39 is 21.9 Å². The van der Waals surface area contributed by atoms with Crippen LogP contribution >= 0.6 is 0 Å². The lowest BCUT2D eigenvalue weighted by Crippen LogP contribution is -2.57. The van der Waals surface area contributed by atoms with Gasteiger partial charge in [0.05, 0.1) is 12.0 Å². The molecule has 1 saturated heterocycles. The van der Waals surface area contributed by atoms with Gasteiger partial charge < -0.3 is 15.0 Å². The molecule has 0 radical (unpaired) electrons. The van der Waals surface area contributed by atoms with E-state index >= 15 is 0 Å². The van der Waals surface area contributed by atoms with Crippen molar-refractivity contribution in [3.8, 4) is 5.75 Å². The van der Waals surface area contributed by atoms with Crippen molar-refractivity contribution in [1.29, 1.82) is 0 Å². The predicted molar refractivity (Wildman–Crippen MR) is 121 cm³/mol. The Morgan fingerprint density at radius 3 is 2.21 bits per heavy atom. The molecule has 1 unspecified atom stereocenters. The minimum Gasteiger partial charge on any atom is -0.497 e. The number of carbonyl (C=O) groups excluding carboxylic acids is 2. The van der Waals surface area contributed by atoms with Gasteiger partial charge in [-0.05, 0) is 48.4 Å². The van der Waals surface area contributed by atoms with Crippen molar-refractivity contribution in [3.63, 3.8) is 0 Å². The van der Waals surface area contributed by atoms with E-state index in [2.05, 4.69) is 5.32 Å². The van der Waals surface area contributed by atoms with Crippen LogP contribution in [0.1, 0.15) is 24.2 Å². The first-order valence-corrected chi connectivity index (χ1v) is 12.1. The van der Waals surface area contributed by atoms with Crippen LogP contribution in [0.3, 0.4) is 0 Å². The average Bonchev–Trinajstić information content (AvgIpc) is 2.82. The van der Waals surface area contributed by atoms with Gasteiger partial charge in [-0.3, -0.25) is 9.59 Å². The monoisotopic (exact) mass is 477 g/mol. The van der Waals surface area contributed by atoms with Gasteiger partial charge in [-0.25, -0.2) is 12.8 Å². The number of methoxy groups -OCH3 is 1. The first-order chi connectivity index (χ1) is 15.6. The van der Waals surface area contributed by atoms with E-state index in [1.807, 2.05) is 13.8 Å². The van der Waals surface area contributed by atoms with E-state index in [1.54, 1.807) is 29.2 Å². The molecule has 2 amide bonds. The number of sulfonamides is 1. The van der Waals surface area contributed by atoms with E-state index in [9.17, 15) is 22.4 Å². The molecule has 1 atom stereocenters. The number of ether oxygens (including phenoxy) is 1. The lowest BCUT2D eigenvalue weighted by Gasteiger charge is -2.36. The molecule has 2 aromatic rings. The number of hydrogen-bond donors (Lipinski definition) is 1. The Hall–Kier alpha value is -2.98. The summed E-state index contributed by atoms with van der Waals surface area (Å²) in [6.45, 7) is 4.19. The average molecular weight is 478 g/mol. The molecule has 3 rings (SSSR count). The number of rotatable bonds is 7. The van der Waals surface area contributed by atoms with Crippen LogP contribution < -0.4 is 10.1 Å². The fourth-order valence-corrected chi connectivity index (χ4v) is 5.06. The first-order valence-electron chi connectivity index (χ1n) is 10.6. The minimum atomic E-state index is -3.86. The second-order valence-electron chi connectivity index (χ2n) is 8.11. The summed E-state index contributed by atoms with van der Waals surface area (Å²) in [5.74, 6) is -0.827. The molecule has 178 valence electrons. The van der Waals surface area contributed by atoms with Gasteiger partial charge in [0.2, 0.25) is 15.9 Å². The first kappa shape index (κ1) is 24.7. The molecule has 1 aliphatic rings. The highest BCUT2D eigenvalue weighted by molar-refractivity contribution is 7.89.